The molecule has 1 aromatic heterocycles. The number of rotatable bonds is 7. The Morgan fingerprint density at radius 2 is 1.90 bits per heavy atom. The summed E-state index contributed by atoms with van der Waals surface area (Å²) < 4.78 is 0. The highest BCUT2D eigenvalue weighted by Crippen LogP contribution is 2.32. The summed E-state index contributed by atoms with van der Waals surface area (Å²) in [6.45, 7) is 10.7. The molecule has 1 heterocycles. The molecule has 0 fully saturated rings. The predicted octanol–water partition coefficient (Wildman–Crippen LogP) is 6.57. The molecule has 0 atom stereocenters. The van der Waals surface area contributed by atoms with Gasteiger partial charge < -0.3 is 0 Å². The molecule has 3 rings (SSSR count). The third kappa shape index (κ3) is 4.57. The van der Waals surface area contributed by atoms with Crippen LogP contribution in [0.5, 0.6) is 0 Å². The molecular formula is C23H24ClN3OS. The minimum Gasteiger partial charge on any atom is -0.283 e. The van der Waals surface area contributed by atoms with Gasteiger partial charge in [0.2, 0.25) is 5.13 Å². The zero-order chi connectivity index (χ0) is 21.0. The van der Waals surface area contributed by atoms with Gasteiger partial charge in [-0.05, 0) is 61.2 Å². The van der Waals surface area contributed by atoms with Crippen LogP contribution in [0.25, 0.3) is 16.6 Å². The molecule has 0 spiro atoms. The molecule has 3 aromatic rings. The standard InChI is InChI=1S/C23H24ClN3OS/c1-5-7-12-27(22(28)19-10-8-9-11-20(19)24)23-26-25-21(29-23)17-13-15(3)18(6-2)16(4)14-17/h6,8-11,13-14H,2,5,7,12H2,1,3-4H3. The Kier molecular flexibility index (Phi) is 6.83. The summed E-state index contributed by atoms with van der Waals surface area (Å²) in [4.78, 5) is 14.9. The lowest BCUT2D eigenvalue weighted by molar-refractivity contribution is 0.0986. The number of carbonyl (C=O) groups is 1. The number of aromatic nitrogens is 2. The summed E-state index contributed by atoms with van der Waals surface area (Å²) in [5.41, 5.74) is 4.89. The summed E-state index contributed by atoms with van der Waals surface area (Å²) in [6.07, 6.45) is 3.71. The minimum absolute atomic E-state index is 0.152. The molecule has 1 amide bonds. The van der Waals surface area contributed by atoms with E-state index in [1.807, 2.05) is 18.2 Å². The van der Waals surface area contributed by atoms with Gasteiger partial charge in [-0.3, -0.25) is 9.69 Å². The highest BCUT2D eigenvalue weighted by Gasteiger charge is 2.23. The van der Waals surface area contributed by atoms with Crippen LogP contribution >= 0.6 is 22.9 Å². The number of hydrogen-bond donors (Lipinski definition) is 0. The van der Waals surface area contributed by atoms with Crippen molar-refractivity contribution in [2.75, 3.05) is 11.4 Å². The minimum atomic E-state index is -0.152. The van der Waals surface area contributed by atoms with E-state index in [4.69, 9.17) is 11.6 Å². The van der Waals surface area contributed by atoms with Crippen LogP contribution in [-0.4, -0.2) is 22.6 Å². The van der Waals surface area contributed by atoms with Crippen LogP contribution in [0.2, 0.25) is 5.02 Å². The zero-order valence-corrected chi connectivity index (χ0v) is 18.5. The van der Waals surface area contributed by atoms with E-state index in [9.17, 15) is 4.79 Å². The van der Waals surface area contributed by atoms with Gasteiger partial charge in [0.1, 0.15) is 5.01 Å². The molecule has 150 valence electrons. The third-order valence-corrected chi connectivity index (χ3v) is 6.10. The Bertz CT molecular complexity index is 1020. The first-order chi connectivity index (χ1) is 14.0. The van der Waals surface area contributed by atoms with E-state index >= 15 is 0 Å². The third-order valence-electron chi connectivity index (χ3n) is 4.77. The fraction of sp³-hybridized carbons (Fsp3) is 0.261. The largest absolute Gasteiger partial charge is 0.283 e. The summed E-state index contributed by atoms with van der Waals surface area (Å²) >= 11 is 7.68. The number of unbranched alkanes of at least 4 members (excludes halogenated alkanes) is 1. The summed E-state index contributed by atoms with van der Waals surface area (Å²) in [5, 5.41) is 10.5. The van der Waals surface area contributed by atoms with E-state index in [2.05, 4.69) is 49.7 Å². The number of hydrogen-bond acceptors (Lipinski definition) is 4. The van der Waals surface area contributed by atoms with Gasteiger partial charge >= 0.3 is 0 Å². The zero-order valence-electron chi connectivity index (χ0n) is 16.9. The maximum absolute atomic E-state index is 13.2. The van der Waals surface area contributed by atoms with Crippen molar-refractivity contribution >= 4 is 40.1 Å². The molecule has 0 N–H and O–H groups in total. The van der Waals surface area contributed by atoms with Gasteiger partial charge in [0, 0.05) is 12.1 Å². The van der Waals surface area contributed by atoms with Gasteiger partial charge in [-0.25, -0.2) is 0 Å². The van der Waals surface area contributed by atoms with Gasteiger partial charge in [0.25, 0.3) is 5.91 Å². The van der Waals surface area contributed by atoms with E-state index in [1.54, 1.807) is 17.0 Å². The molecule has 0 aliphatic heterocycles. The van der Waals surface area contributed by atoms with Crippen molar-refractivity contribution in [1.29, 1.82) is 0 Å². The van der Waals surface area contributed by atoms with Gasteiger partial charge in [-0.15, -0.1) is 10.2 Å². The molecule has 0 bridgehead atoms. The Morgan fingerprint density at radius 3 is 2.52 bits per heavy atom. The fourth-order valence-electron chi connectivity index (χ4n) is 3.24. The van der Waals surface area contributed by atoms with E-state index < -0.39 is 0 Å². The van der Waals surface area contributed by atoms with Gasteiger partial charge in [0.15, 0.2) is 0 Å². The van der Waals surface area contributed by atoms with Crippen LogP contribution in [0.15, 0.2) is 43.0 Å². The number of nitrogens with zero attached hydrogens (tertiary/aromatic N) is 3. The lowest BCUT2D eigenvalue weighted by Gasteiger charge is -2.19. The SMILES string of the molecule is C=Cc1c(C)cc(-c2nnc(N(CCCC)C(=O)c3ccccc3Cl)s2)cc1C. The Labute approximate surface area is 180 Å². The molecule has 2 aromatic carbocycles. The first kappa shape index (κ1) is 21.2. The summed E-state index contributed by atoms with van der Waals surface area (Å²) in [6, 6.07) is 11.3. The van der Waals surface area contributed by atoms with E-state index in [0.29, 0.717) is 22.3 Å². The Morgan fingerprint density at radius 1 is 1.21 bits per heavy atom. The quantitative estimate of drug-likeness (QED) is 0.430. The number of benzene rings is 2. The molecule has 0 saturated carbocycles. The maximum Gasteiger partial charge on any atom is 0.261 e. The smallest absolute Gasteiger partial charge is 0.261 e. The van der Waals surface area contributed by atoms with E-state index in [-0.39, 0.29) is 5.91 Å². The molecule has 6 heteroatoms. The molecule has 0 saturated heterocycles. The lowest BCUT2D eigenvalue weighted by Crippen LogP contribution is -2.32. The van der Waals surface area contributed by atoms with Crippen LogP contribution < -0.4 is 4.90 Å². The highest BCUT2D eigenvalue weighted by atomic mass is 35.5. The second kappa shape index (κ2) is 9.33. The topological polar surface area (TPSA) is 46.1 Å². The Balaban J connectivity index is 1.97. The monoisotopic (exact) mass is 425 g/mol. The van der Waals surface area contributed by atoms with Crippen LogP contribution in [0.3, 0.4) is 0 Å². The number of aryl methyl sites for hydroxylation is 2. The first-order valence-electron chi connectivity index (χ1n) is 9.60. The van der Waals surface area contributed by atoms with Crippen molar-refractivity contribution in [1.82, 2.24) is 10.2 Å². The predicted molar refractivity (Wildman–Crippen MR) is 123 cm³/mol. The molecule has 0 aliphatic carbocycles. The average molecular weight is 426 g/mol. The molecule has 0 aliphatic rings. The van der Waals surface area contributed by atoms with Crippen molar-refractivity contribution in [3.05, 3.63) is 70.3 Å². The van der Waals surface area contributed by atoms with Crippen LogP contribution in [0, 0.1) is 13.8 Å². The van der Waals surface area contributed by atoms with E-state index in [1.165, 1.54) is 11.3 Å². The molecule has 0 unspecified atom stereocenters. The number of amides is 1. The Hall–Kier alpha value is -2.50. The number of anilines is 1. The number of halogens is 1. The molecule has 29 heavy (non-hydrogen) atoms. The first-order valence-corrected chi connectivity index (χ1v) is 10.8. The van der Waals surface area contributed by atoms with Crippen molar-refractivity contribution in [2.45, 2.75) is 33.6 Å². The molecule has 4 nitrogen and oxygen atoms in total. The van der Waals surface area contributed by atoms with Gasteiger partial charge in [-0.1, -0.05) is 61.1 Å². The second-order valence-corrected chi connectivity index (χ2v) is 8.27. The maximum atomic E-state index is 13.2. The highest BCUT2D eigenvalue weighted by molar-refractivity contribution is 7.18. The average Bonchev–Trinajstić information content (AvgIpc) is 3.18. The van der Waals surface area contributed by atoms with Crippen molar-refractivity contribution < 1.29 is 4.79 Å². The van der Waals surface area contributed by atoms with Crippen molar-refractivity contribution in [3.63, 3.8) is 0 Å². The second-order valence-electron chi connectivity index (χ2n) is 6.91. The normalized spacial score (nSPS) is 10.8. The number of carbonyl (C=O) groups excluding carboxylic acids is 1. The van der Waals surface area contributed by atoms with E-state index in [0.717, 1.165) is 40.1 Å². The van der Waals surface area contributed by atoms with Crippen LogP contribution in [-0.2, 0) is 0 Å². The molecular weight excluding hydrogens is 402 g/mol. The van der Waals surface area contributed by atoms with Gasteiger partial charge in [-0.2, -0.15) is 0 Å². The van der Waals surface area contributed by atoms with Crippen LogP contribution in [0.4, 0.5) is 5.13 Å². The van der Waals surface area contributed by atoms with Crippen LogP contribution in [0.1, 0.15) is 46.8 Å². The van der Waals surface area contributed by atoms with Crippen molar-refractivity contribution in [2.24, 2.45) is 0 Å². The summed E-state index contributed by atoms with van der Waals surface area (Å²) in [7, 11) is 0. The summed E-state index contributed by atoms with van der Waals surface area (Å²) in [5.74, 6) is -0.152. The lowest BCUT2D eigenvalue weighted by atomic mass is 10.00. The fourth-order valence-corrected chi connectivity index (χ4v) is 4.31. The molecule has 0 radical (unpaired) electrons. The van der Waals surface area contributed by atoms with Gasteiger partial charge in [0.05, 0.1) is 10.6 Å². The van der Waals surface area contributed by atoms with Crippen molar-refractivity contribution in [3.8, 4) is 10.6 Å².